The Hall–Kier alpha value is -2.31. The number of benzene rings is 2. The number of carbonyl (C=O) groups excluding carboxylic acids is 1. The molecule has 2 aromatic carbocycles. The minimum absolute atomic E-state index is 0.0885. The van der Waals surface area contributed by atoms with Crippen molar-refractivity contribution >= 4 is 29.3 Å². The first-order chi connectivity index (χ1) is 13.6. The third-order valence-electron chi connectivity index (χ3n) is 4.61. The highest BCUT2D eigenvalue weighted by Gasteiger charge is 2.32. The third-order valence-corrected chi connectivity index (χ3v) is 5.74. The molecule has 0 spiro atoms. The van der Waals surface area contributed by atoms with E-state index in [4.69, 9.17) is 16.0 Å². The fraction of sp³-hybridized carbons (Fsp3) is 0.286. The molecule has 1 heterocycles. The monoisotopic (exact) mass is 413 g/mol. The van der Waals surface area contributed by atoms with Crippen molar-refractivity contribution in [2.75, 3.05) is 5.75 Å². The number of nitrogens with zero attached hydrogens (tertiary/aromatic N) is 3. The van der Waals surface area contributed by atoms with E-state index in [2.05, 4.69) is 41.4 Å². The van der Waals surface area contributed by atoms with Crippen LogP contribution in [-0.2, 0) is 11.3 Å². The summed E-state index contributed by atoms with van der Waals surface area (Å²) in [5.41, 5.74) is 3.05. The summed E-state index contributed by atoms with van der Waals surface area (Å²) in [6, 6.07) is 16.0. The van der Waals surface area contributed by atoms with E-state index in [1.807, 2.05) is 23.1 Å². The summed E-state index contributed by atoms with van der Waals surface area (Å²) in [5, 5.41) is 9.01. The molecule has 0 aliphatic heterocycles. The number of rotatable bonds is 7. The average Bonchev–Trinajstić information content (AvgIpc) is 3.43. The Morgan fingerprint density at radius 3 is 2.64 bits per heavy atom. The molecule has 1 amide bonds. The number of halogens is 1. The van der Waals surface area contributed by atoms with E-state index in [9.17, 15) is 4.79 Å². The van der Waals surface area contributed by atoms with Crippen molar-refractivity contribution in [3.05, 3.63) is 64.7 Å². The molecule has 0 atom stereocenters. The quantitative estimate of drug-likeness (QED) is 0.511. The molecule has 7 heteroatoms. The molecule has 0 radical (unpaired) electrons. The zero-order valence-corrected chi connectivity index (χ0v) is 17.0. The first-order valence-electron chi connectivity index (χ1n) is 9.16. The average molecular weight is 414 g/mol. The number of hydrogen-bond acceptors (Lipinski definition) is 5. The van der Waals surface area contributed by atoms with E-state index in [0.29, 0.717) is 34.3 Å². The summed E-state index contributed by atoms with van der Waals surface area (Å²) in [5.74, 6) is 0.719. The Labute approximate surface area is 173 Å². The second-order valence-electron chi connectivity index (χ2n) is 6.88. The van der Waals surface area contributed by atoms with E-state index in [1.165, 1.54) is 17.3 Å². The van der Waals surface area contributed by atoms with E-state index < -0.39 is 0 Å². The molecule has 0 saturated heterocycles. The summed E-state index contributed by atoms with van der Waals surface area (Å²) in [7, 11) is 0. The van der Waals surface area contributed by atoms with Crippen molar-refractivity contribution in [3.8, 4) is 11.5 Å². The Balaban J connectivity index is 1.39. The number of hydrogen-bond donors (Lipinski definition) is 0. The zero-order chi connectivity index (χ0) is 19.5. The van der Waals surface area contributed by atoms with Crippen LogP contribution in [0.4, 0.5) is 0 Å². The van der Waals surface area contributed by atoms with Crippen molar-refractivity contribution in [3.63, 3.8) is 0 Å². The first kappa shape index (κ1) is 19.0. The van der Waals surface area contributed by atoms with Crippen LogP contribution in [0.25, 0.3) is 11.5 Å². The van der Waals surface area contributed by atoms with Gasteiger partial charge in [-0.15, -0.1) is 10.2 Å². The molecule has 0 bridgehead atoms. The molecule has 144 valence electrons. The number of amides is 1. The van der Waals surface area contributed by atoms with Gasteiger partial charge >= 0.3 is 0 Å². The number of aromatic nitrogens is 2. The fourth-order valence-corrected chi connectivity index (χ4v) is 3.78. The van der Waals surface area contributed by atoms with Gasteiger partial charge in [-0.25, -0.2) is 0 Å². The van der Waals surface area contributed by atoms with Crippen LogP contribution in [0.5, 0.6) is 0 Å². The highest BCUT2D eigenvalue weighted by Crippen LogP contribution is 2.31. The van der Waals surface area contributed by atoms with E-state index in [0.717, 1.165) is 18.4 Å². The predicted molar refractivity (Wildman–Crippen MR) is 110 cm³/mol. The largest absolute Gasteiger partial charge is 0.411 e. The smallest absolute Gasteiger partial charge is 0.277 e. The van der Waals surface area contributed by atoms with Gasteiger partial charge < -0.3 is 9.32 Å². The number of thioether (sulfide) groups is 1. The van der Waals surface area contributed by atoms with Gasteiger partial charge in [-0.05, 0) is 37.5 Å². The van der Waals surface area contributed by atoms with Crippen LogP contribution < -0.4 is 0 Å². The molecule has 28 heavy (non-hydrogen) atoms. The SMILES string of the molecule is Cc1ccc(CN(C(=O)CSc2nnc(-c3ccccc3Cl)o2)C2CC2)cc1. The van der Waals surface area contributed by atoms with Gasteiger partial charge in [-0.3, -0.25) is 4.79 Å². The summed E-state index contributed by atoms with van der Waals surface area (Å²) >= 11 is 7.43. The van der Waals surface area contributed by atoms with Crippen LogP contribution in [0.2, 0.25) is 5.02 Å². The van der Waals surface area contributed by atoms with Crippen molar-refractivity contribution in [2.24, 2.45) is 0 Å². The summed E-state index contributed by atoms with van der Waals surface area (Å²) in [4.78, 5) is 14.8. The van der Waals surface area contributed by atoms with Crippen LogP contribution >= 0.6 is 23.4 Å². The van der Waals surface area contributed by atoms with Gasteiger partial charge in [0.1, 0.15) is 0 Å². The van der Waals surface area contributed by atoms with Crippen LogP contribution in [-0.4, -0.2) is 32.8 Å². The van der Waals surface area contributed by atoms with Crippen molar-refractivity contribution in [2.45, 2.75) is 37.6 Å². The van der Waals surface area contributed by atoms with Gasteiger partial charge in [0.05, 0.1) is 16.3 Å². The maximum atomic E-state index is 12.8. The summed E-state index contributed by atoms with van der Waals surface area (Å²) in [6.07, 6.45) is 2.14. The molecule has 0 N–H and O–H groups in total. The van der Waals surface area contributed by atoms with Crippen molar-refractivity contribution < 1.29 is 9.21 Å². The normalized spacial score (nSPS) is 13.5. The van der Waals surface area contributed by atoms with Gasteiger partial charge in [0.2, 0.25) is 11.8 Å². The third kappa shape index (κ3) is 4.56. The molecule has 1 aliphatic rings. The van der Waals surface area contributed by atoms with E-state index in [1.54, 1.807) is 6.07 Å². The highest BCUT2D eigenvalue weighted by atomic mass is 35.5. The number of carbonyl (C=O) groups is 1. The lowest BCUT2D eigenvalue weighted by molar-refractivity contribution is -0.129. The van der Waals surface area contributed by atoms with Gasteiger partial charge in [0.15, 0.2) is 0 Å². The molecular formula is C21H20ClN3O2S. The molecule has 4 rings (SSSR count). The molecule has 1 fully saturated rings. The zero-order valence-electron chi connectivity index (χ0n) is 15.5. The molecule has 0 unspecified atom stereocenters. The minimum atomic E-state index is 0.0885. The Morgan fingerprint density at radius 2 is 1.93 bits per heavy atom. The van der Waals surface area contributed by atoms with Crippen molar-refractivity contribution in [1.82, 2.24) is 15.1 Å². The second kappa shape index (κ2) is 8.37. The summed E-state index contributed by atoms with van der Waals surface area (Å²) in [6.45, 7) is 2.70. The lowest BCUT2D eigenvalue weighted by atomic mass is 10.1. The highest BCUT2D eigenvalue weighted by molar-refractivity contribution is 7.99. The van der Waals surface area contributed by atoms with E-state index >= 15 is 0 Å². The predicted octanol–water partition coefficient (Wildman–Crippen LogP) is 4.98. The molecule has 1 aromatic heterocycles. The first-order valence-corrected chi connectivity index (χ1v) is 10.5. The lowest BCUT2D eigenvalue weighted by Gasteiger charge is -2.22. The van der Waals surface area contributed by atoms with Crippen LogP contribution in [0, 0.1) is 6.92 Å². The molecular weight excluding hydrogens is 394 g/mol. The minimum Gasteiger partial charge on any atom is -0.411 e. The lowest BCUT2D eigenvalue weighted by Crippen LogP contribution is -2.33. The van der Waals surface area contributed by atoms with Gasteiger partial charge in [0.25, 0.3) is 5.22 Å². The maximum absolute atomic E-state index is 12.8. The van der Waals surface area contributed by atoms with Crippen LogP contribution in [0.1, 0.15) is 24.0 Å². The Morgan fingerprint density at radius 1 is 1.18 bits per heavy atom. The summed E-state index contributed by atoms with van der Waals surface area (Å²) < 4.78 is 5.67. The Bertz CT molecular complexity index is 970. The van der Waals surface area contributed by atoms with Gasteiger partial charge in [-0.2, -0.15) is 0 Å². The fourth-order valence-electron chi connectivity index (χ4n) is 2.92. The second-order valence-corrected chi connectivity index (χ2v) is 8.21. The molecule has 5 nitrogen and oxygen atoms in total. The van der Waals surface area contributed by atoms with Gasteiger partial charge in [-0.1, -0.05) is 65.3 Å². The Kier molecular flexibility index (Phi) is 5.69. The van der Waals surface area contributed by atoms with Crippen LogP contribution in [0.3, 0.4) is 0 Å². The topological polar surface area (TPSA) is 59.2 Å². The standard InChI is InChI=1S/C21H20ClN3O2S/c1-14-6-8-15(9-7-14)12-25(16-10-11-16)19(26)13-28-21-24-23-20(27-21)17-4-2-3-5-18(17)22/h2-9,16H,10-13H2,1H3. The van der Waals surface area contributed by atoms with Crippen LogP contribution in [0.15, 0.2) is 58.2 Å². The maximum Gasteiger partial charge on any atom is 0.277 e. The van der Waals surface area contributed by atoms with E-state index in [-0.39, 0.29) is 11.7 Å². The molecule has 3 aromatic rings. The molecule has 1 aliphatic carbocycles. The number of aryl methyl sites for hydroxylation is 1. The molecule has 1 saturated carbocycles. The van der Waals surface area contributed by atoms with Crippen molar-refractivity contribution in [1.29, 1.82) is 0 Å². The van der Waals surface area contributed by atoms with Gasteiger partial charge in [0, 0.05) is 12.6 Å².